The van der Waals surface area contributed by atoms with Crippen LogP contribution in [0, 0.1) is 5.92 Å². The Hall–Kier alpha value is -1.55. The summed E-state index contributed by atoms with van der Waals surface area (Å²) in [5.41, 5.74) is 0.393. The third-order valence-electron chi connectivity index (χ3n) is 3.67. The topological polar surface area (TPSA) is 47.6 Å². The number of nitrogens with one attached hydrogen (secondary N) is 1. The highest BCUT2D eigenvalue weighted by atomic mass is 16.6. The first-order valence-corrected chi connectivity index (χ1v) is 7.44. The lowest BCUT2D eigenvalue weighted by atomic mass is 10.2. The number of benzene rings is 1. The van der Waals surface area contributed by atoms with E-state index < -0.39 is 5.60 Å². The lowest BCUT2D eigenvalue weighted by Gasteiger charge is -2.24. The van der Waals surface area contributed by atoms with E-state index in [2.05, 4.69) is 12.2 Å². The smallest absolute Gasteiger partial charge is 0.408 e. The van der Waals surface area contributed by atoms with E-state index in [0.29, 0.717) is 19.1 Å². The van der Waals surface area contributed by atoms with Gasteiger partial charge >= 0.3 is 6.09 Å². The standard InChI is InChI=1S/C17H25NO3/c1-13-10-17(13,18-15(19)21-16(2,3)4)12-20-11-14-8-6-5-7-9-14/h5-9,13H,10-12H2,1-4H3,(H,18,19)/t13-,17+/m1/s1. The monoisotopic (exact) mass is 291 g/mol. The zero-order chi connectivity index (χ0) is 15.5. The van der Waals surface area contributed by atoms with Gasteiger partial charge < -0.3 is 14.8 Å². The summed E-state index contributed by atoms with van der Waals surface area (Å²) in [5, 5.41) is 2.97. The van der Waals surface area contributed by atoms with Crippen molar-refractivity contribution >= 4 is 6.09 Å². The van der Waals surface area contributed by atoms with Gasteiger partial charge in [0.2, 0.25) is 0 Å². The van der Waals surface area contributed by atoms with Crippen molar-refractivity contribution in [3.8, 4) is 0 Å². The molecule has 1 aromatic rings. The molecule has 0 spiro atoms. The average molecular weight is 291 g/mol. The van der Waals surface area contributed by atoms with Crippen LogP contribution in [0.1, 0.15) is 39.7 Å². The van der Waals surface area contributed by atoms with Crippen molar-refractivity contribution in [2.75, 3.05) is 6.61 Å². The Balaban J connectivity index is 1.81. The van der Waals surface area contributed by atoms with E-state index in [1.54, 1.807) is 0 Å². The van der Waals surface area contributed by atoms with E-state index in [-0.39, 0.29) is 11.6 Å². The fraction of sp³-hybridized carbons (Fsp3) is 0.588. The first-order valence-electron chi connectivity index (χ1n) is 7.44. The van der Waals surface area contributed by atoms with Gasteiger partial charge in [-0.2, -0.15) is 0 Å². The van der Waals surface area contributed by atoms with Crippen LogP contribution in [-0.4, -0.2) is 23.8 Å². The van der Waals surface area contributed by atoms with Crippen LogP contribution in [0.5, 0.6) is 0 Å². The van der Waals surface area contributed by atoms with Gasteiger partial charge in [-0.25, -0.2) is 4.79 Å². The van der Waals surface area contributed by atoms with Crippen LogP contribution < -0.4 is 5.32 Å². The molecule has 0 radical (unpaired) electrons. The molecule has 0 aliphatic heterocycles. The fourth-order valence-electron chi connectivity index (χ4n) is 2.33. The van der Waals surface area contributed by atoms with Gasteiger partial charge in [0.25, 0.3) is 0 Å². The van der Waals surface area contributed by atoms with Crippen molar-refractivity contribution in [3.63, 3.8) is 0 Å². The summed E-state index contributed by atoms with van der Waals surface area (Å²) in [5.74, 6) is 0.417. The Labute approximate surface area is 126 Å². The van der Waals surface area contributed by atoms with Gasteiger partial charge in [0.15, 0.2) is 0 Å². The van der Waals surface area contributed by atoms with E-state index in [1.165, 1.54) is 0 Å². The third-order valence-corrected chi connectivity index (χ3v) is 3.67. The second kappa shape index (κ2) is 6.06. The normalized spacial score (nSPS) is 24.5. The molecule has 1 saturated carbocycles. The summed E-state index contributed by atoms with van der Waals surface area (Å²) >= 11 is 0. The van der Waals surface area contributed by atoms with Gasteiger partial charge in [0.05, 0.1) is 18.8 Å². The summed E-state index contributed by atoms with van der Waals surface area (Å²) in [6.45, 7) is 8.78. The molecule has 0 saturated heterocycles. The minimum atomic E-state index is -0.478. The zero-order valence-electron chi connectivity index (χ0n) is 13.3. The number of carbonyl (C=O) groups is 1. The molecule has 116 valence electrons. The highest BCUT2D eigenvalue weighted by molar-refractivity contribution is 5.69. The molecule has 4 nitrogen and oxygen atoms in total. The number of rotatable bonds is 5. The zero-order valence-corrected chi connectivity index (χ0v) is 13.3. The van der Waals surface area contributed by atoms with Gasteiger partial charge in [0, 0.05) is 0 Å². The van der Waals surface area contributed by atoms with Crippen LogP contribution in [-0.2, 0) is 16.1 Å². The molecule has 1 aromatic carbocycles. The lowest BCUT2D eigenvalue weighted by molar-refractivity contribution is 0.0390. The van der Waals surface area contributed by atoms with E-state index in [1.807, 2.05) is 51.1 Å². The number of carbonyl (C=O) groups excluding carboxylic acids is 1. The first-order chi connectivity index (χ1) is 9.81. The van der Waals surface area contributed by atoms with Crippen LogP contribution >= 0.6 is 0 Å². The quantitative estimate of drug-likeness (QED) is 0.903. The number of alkyl carbamates (subject to hydrolysis) is 1. The van der Waals surface area contributed by atoms with Crippen molar-refractivity contribution in [3.05, 3.63) is 35.9 Å². The maximum atomic E-state index is 11.9. The van der Waals surface area contributed by atoms with Crippen LogP contribution in [0.2, 0.25) is 0 Å². The van der Waals surface area contributed by atoms with Crippen molar-refractivity contribution in [2.45, 2.75) is 51.9 Å². The van der Waals surface area contributed by atoms with Crippen molar-refractivity contribution in [1.29, 1.82) is 0 Å². The van der Waals surface area contributed by atoms with Gasteiger partial charge in [-0.3, -0.25) is 0 Å². The number of ether oxygens (including phenoxy) is 2. The summed E-state index contributed by atoms with van der Waals surface area (Å²) in [4.78, 5) is 11.9. The van der Waals surface area contributed by atoms with Crippen LogP contribution in [0.25, 0.3) is 0 Å². The number of hydrogen-bond donors (Lipinski definition) is 1. The molecular formula is C17H25NO3. The second-order valence-electron chi connectivity index (χ2n) is 6.87. The van der Waals surface area contributed by atoms with Crippen LogP contribution in [0.3, 0.4) is 0 Å². The predicted octanol–water partition coefficient (Wildman–Crippen LogP) is 3.51. The molecule has 0 aromatic heterocycles. The molecule has 0 unspecified atom stereocenters. The molecule has 0 heterocycles. The number of hydrogen-bond acceptors (Lipinski definition) is 3. The molecule has 1 aliphatic carbocycles. The maximum absolute atomic E-state index is 11.9. The Morgan fingerprint density at radius 3 is 2.48 bits per heavy atom. The second-order valence-corrected chi connectivity index (χ2v) is 6.87. The largest absolute Gasteiger partial charge is 0.444 e. The fourth-order valence-corrected chi connectivity index (χ4v) is 2.33. The molecule has 1 aliphatic rings. The minimum absolute atomic E-state index is 0.267. The molecule has 0 bridgehead atoms. The van der Waals surface area contributed by atoms with Crippen LogP contribution in [0.15, 0.2) is 30.3 Å². The number of amides is 1. The Kier molecular flexibility index (Phi) is 4.57. The maximum Gasteiger partial charge on any atom is 0.408 e. The summed E-state index contributed by atoms with van der Waals surface area (Å²) in [6, 6.07) is 10.0. The summed E-state index contributed by atoms with van der Waals surface area (Å²) in [6.07, 6.45) is 0.566. The predicted molar refractivity (Wildman–Crippen MR) is 82.0 cm³/mol. The Bertz CT molecular complexity index is 481. The van der Waals surface area contributed by atoms with E-state index >= 15 is 0 Å². The minimum Gasteiger partial charge on any atom is -0.444 e. The molecule has 1 fully saturated rings. The summed E-state index contributed by atoms with van der Waals surface area (Å²) < 4.78 is 11.1. The molecule has 1 amide bonds. The molecular weight excluding hydrogens is 266 g/mol. The van der Waals surface area contributed by atoms with Gasteiger partial charge in [-0.1, -0.05) is 37.3 Å². The average Bonchev–Trinajstić information content (AvgIpc) is 2.97. The van der Waals surface area contributed by atoms with E-state index in [0.717, 1.165) is 12.0 Å². The Morgan fingerprint density at radius 2 is 1.95 bits per heavy atom. The van der Waals surface area contributed by atoms with Crippen molar-refractivity contribution in [2.24, 2.45) is 5.92 Å². The molecule has 2 atom stereocenters. The Morgan fingerprint density at radius 1 is 1.33 bits per heavy atom. The third kappa shape index (κ3) is 4.74. The highest BCUT2D eigenvalue weighted by Crippen LogP contribution is 2.43. The van der Waals surface area contributed by atoms with Gasteiger partial charge in [0.1, 0.15) is 5.60 Å². The van der Waals surface area contributed by atoms with Crippen LogP contribution in [0.4, 0.5) is 4.79 Å². The lowest BCUT2D eigenvalue weighted by Crippen LogP contribution is -2.44. The van der Waals surface area contributed by atoms with E-state index in [9.17, 15) is 4.79 Å². The highest BCUT2D eigenvalue weighted by Gasteiger charge is 2.53. The van der Waals surface area contributed by atoms with E-state index in [4.69, 9.17) is 9.47 Å². The van der Waals surface area contributed by atoms with Gasteiger partial charge in [-0.05, 0) is 38.7 Å². The molecule has 21 heavy (non-hydrogen) atoms. The summed E-state index contributed by atoms with van der Waals surface area (Å²) in [7, 11) is 0. The molecule has 2 rings (SSSR count). The SMILES string of the molecule is C[C@@H]1C[C@@]1(COCc1ccccc1)NC(=O)OC(C)(C)C. The van der Waals surface area contributed by atoms with Gasteiger partial charge in [-0.15, -0.1) is 0 Å². The molecule has 1 N–H and O–H groups in total. The van der Waals surface area contributed by atoms with Crippen molar-refractivity contribution < 1.29 is 14.3 Å². The van der Waals surface area contributed by atoms with Crippen molar-refractivity contribution in [1.82, 2.24) is 5.32 Å². The molecule has 4 heteroatoms. The first kappa shape index (κ1) is 15.8.